The fourth-order valence-corrected chi connectivity index (χ4v) is 4.96. The highest BCUT2D eigenvalue weighted by molar-refractivity contribution is 5.95. The highest BCUT2D eigenvalue weighted by Gasteiger charge is 2.43. The molecule has 0 bridgehead atoms. The van der Waals surface area contributed by atoms with Crippen molar-refractivity contribution in [2.45, 2.75) is 51.0 Å². The predicted octanol–water partition coefficient (Wildman–Crippen LogP) is 2.25. The summed E-state index contributed by atoms with van der Waals surface area (Å²) in [5, 5.41) is 0. The van der Waals surface area contributed by atoms with Crippen molar-refractivity contribution in [2.75, 3.05) is 32.9 Å². The maximum absolute atomic E-state index is 13.2. The van der Waals surface area contributed by atoms with Gasteiger partial charge in [-0.15, -0.1) is 0 Å². The number of aryl methyl sites for hydroxylation is 2. The Kier molecular flexibility index (Phi) is 5.14. The average molecular weight is 425 g/mol. The van der Waals surface area contributed by atoms with Crippen LogP contribution in [0.5, 0.6) is 0 Å². The number of carbonyl (C=O) groups excluding carboxylic acids is 1. The molecule has 0 aromatic carbocycles. The van der Waals surface area contributed by atoms with E-state index >= 15 is 0 Å². The van der Waals surface area contributed by atoms with Gasteiger partial charge in [0, 0.05) is 31.8 Å². The van der Waals surface area contributed by atoms with Crippen LogP contribution in [0.1, 0.15) is 63.9 Å². The van der Waals surface area contributed by atoms with E-state index in [1.165, 1.54) is 0 Å². The summed E-state index contributed by atoms with van der Waals surface area (Å²) in [5.74, 6) is 1.14. The van der Waals surface area contributed by atoms with Gasteiger partial charge in [-0.25, -0.2) is 14.8 Å². The van der Waals surface area contributed by atoms with Crippen LogP contribution in [-0.2, 0) is 21.5 Å². The Morgan fingerprint density at radius 2 is 2.03 bits per heavy atom. The fourth-order valence-electron chi connectivity index (χ4n) is 4.96. The number of piperidine rings is 1. The molecule has 8 nitrogen and oxygen atoms in total. The molecule has 2 aromatic heterocycles. The van der Waals surface area contributed by atoms with Crippen LogP contribution in [0.4, 0.5) is 0 Å². The van der Waals surface area contributed by atoms with Crippen LogP contribution in [0, 0.1) is 13.8 Å². The van der Waals surface area contributed by atoms with E-state index in [-0.39, 0.29) is 17.4 Å². The van der Waals surface area contributed by atoms with Gasteiger partial charge in [0.2, 0.25) is 0 Å². The molecule has 1 amide bonds. The molecule has 0 saturated carbocycles. The van der Waals surface area contributed by atoms with E-state index in [0.717, 1.165) is 29.9 Å². The van der Waals surface area contributed by atoms with Crippen molar-refractivity contribution in [3.8, 4) is 0 Å². The van der Waals surface area contributed by atoms with Gasteiger partial charge in [0.1, 0.15) is 22.7 Å². The summed E-state index contributed by atoms with van der Waals surface area (Å²) in [7, 11) is 0. The first-order valence-corrected chi connectivity index (χ1v) is 11.0. The third kappa shape index (κ3) is 3.57. The molecule has 1 atom stereocenters. The molecular formula is C23H27N3O5. The van der Waals surface area contributed by atoms with Crippen molar-refractivity contribution in [3.05, 3.63) is 56.7 Å². The van der Waals surface area contributed by atoms with Crippen LogP contribution in [0.15, 0.2) is 21.5 Å². The minimum Gasteiger partial charge on any atom is -0.427 e. The maximum Gasteiger partial charge on any atom is 0.349 e. The third-order valence-electron chi connectivity index (χ3n) is 6.74. The topological polar surface area (TPSA) is 94.8 Å². The Hall–Kier alpha value is -2.58. The van der Waals surface area contributed by atoms with Crippen LogP contribution in [-0.4, -0.2) is 53.7 Å². The monoisotopic (exact) mass is 425 g/mol. The summed E-state index contributed by atoms with van der Waals surface area (Å²) in [6.45, 7) is 6.52. The Morgan fingerprint density at radius 3 is 2.74 bits per heavy atom. The summed E-state index contributed by atoms with van der Waals surface area (Å²) in [6, 6.07) is 1.82. The first kappa shape index (κ1) is 20.3. The SMILES string of the molecule is Cc1ncc2c(n1)C1(CCN(C(=O)c3c(C)cc(C4CCOC4)oc3=O)CC1)OCC2. The summed E-state index contributed by atoms with van der Waals surface area (Å²) < 4.78 is 17.1. The molecule has 0 radical (unpaired) electrons. The van der Waals surface area contributed by atoms with Gasteiger partial charge in [0.15, 0.2) is 0 Å². The molecule has 2 saturated heterocycles. The number of rotatable bonds is 2. The Balaban J connectivity index is 1.36. The zero-order chi connectivity index (χ0) is 21.6. The van der Waals surface area contributed by atoms with Gasteiger partial charge in [-0.05, 0) is 56.7 Å². The van der Waals surface area contributed by atoms with Crippen molar-refractivity contribution in [3.63, 3.8) is 0 Å². The molecule has 0 aliphatic carbocycles. The van der Waals surface area contributed by atoms with Crippen LogP contribution >= 0.6 is 0 Å². The van der Waals surface area contributed by atoms with Gasteiger partial charge < -0.3 is 18.8 Å². The van der Waals surface area contributed by atoms with Crippen molar-refractivity contribution in [2.24, 2.45) is 0 Å². The first-order chi connectivity index (χ1) is 15.0. The number of carbonyl (C=O) groups is 1. The van der Waals surface area contributed by atoms with Crippen LogP contribution < -0.4 is 5.63 Å². The van der Waals surface area contributed by atoms with E-state index in [1.54, 1.807) is 11.8 Å². The highest BCUT2D eigenvalue weighted by atomic mass is 16.5. The van der Waals surface area contributed by atoms with Gasteiger partial charge in [-0.2, -0.15) is 0 Å². The van der Waals surface area contributed by atoms with E-state index < -0.39 is 11.2 Å². The van der Waals surface area contributed by atoms with E-state index in [0.29, 0.717) is 57.1 Å². The van der Waals surface area contributed by atoms with Crippen LogP contribution in [0.3, 0.4) is 0 Å². The van der Waals surface area contributed by atoms with E-state index in [2.05, 4.69) is 9.97 Å². The molecule has 0 N–H and O–H groups in total. The second kappa shape index (κ2) is 7.84. The minimum absolute atomic E-state index is 0.0827. The molecule has 5 heterocycles. The van der Waals surface area contributed by atoms with E-state index in [1.807, 2.05) is 19.2 Å². The van der Waals surface area contributed by atoms with Gasteiger partial charge >= 0.3 is 5.63 Å². The quantitative estimate of drug-likeness (QED) is 0.728. The van der Waals surface area contributed by atoms with Gasteiger partial charge in [-0.1, -0.05) is 0 Å². The summed E-state index contributed by atoms with van der Waals surface area (Å²) in [6.07, 6.45) is 4.81. The largest absolute Gasteiger partial charge is 0.427 e. The van der Waals surface area contributed by atoms with Gasteiger partial charge in [-0.3, -0.25) is 4.79 Å². The first-order valence-electron chi connectivity index (χ1n) is 11.0. The molecule has 3 aliphatic heterocycles. The molecular weight excluding hydrogens is 398 g/mol. The van der Waals surface area contributed by atoms with Gasteiger partial charge in [0.05, 0.1) is 18.9 Å². The number of hydrogen-bond donors (Lipinski definition) is 0. The molecule has 3 aliphatic rings. The van der Waals surface area contributed by atoms with Crippen LogP contribution in [0.2, 0.25) is 0 Å². The third-order valence-corrected chi connectivity index (χ3v) is 6.74. The zero-order valence-corrected chi connectivity index (χ0v) is 18.0. The number of likely N-dealkylation sites (tertiary alicyclic amines) is 1. The van der Waals surface area contributed by atoms with E-state index in [9.17, 15) is 9.59 Å². The predicted molar refractivity (Wildman–Crippen MR) is 111 cm³/mol. The van der Waals surface area contributed by atoms with Crippen molar-refractivity contribution < 1.29 is 18.7 Å². The lowest BCUT2D eigenvalue weighted by Gasteiger charge is -2.44. The highest BCUT2D eigenvalue weighted by Crippen LogP contribution is 2.40. The molecule has 5 rings (SSSR count). The molecule has 164 valence electrons. The number of hydrogen-bond acceptors (Lipinski definition) is 7. The summed E-state index contributed by atoms with van der Waals surface area (Å²) >= 11 is 0. The molecule has 1 spiro atoms. The summed E-state index contributed by atoms with van der Waals surface area (Å²) in [4.78, 5) is 36.7. The number of nitrogens with zero attached hydrogens (tertiary/aromatic N) is 3. The number of fused-ring (bicyclic) bond motifs is 2. The molecule has 2 fully saturated rings. The molecule has 2 aromatic rings. The lowest BCUT2D eigenvalue weighted by Crippen LogP contribution is -2.49. The Labute approximate surface area is 180 Å². The fraction of sp³-hybridized carbons (Fsp3) is 0.565. The minimum atomic E-state index is -0.560. The Bertz CT molecular complexity index is 1070. The van der Waals surface area contributed by atoms with Crippen molar-refractivity contribution in [1.82, 2.24) is 14.9 Å². The molecule has 1 unspecified atom stereocenters. The summed E-state index contributed by atoms with van der Waals surface area (Å²) in [5.41, 5.74) is 1.82. The van der Waals surface area contributed by atoms with Crippen molar-refractivity contribution >= 4 is 5.91 Å². The molecule has 8 heteroatoms. The smallest absolute Gasteiger partial charge is 0.349 e. The zero-order valence-electron chi connectivity index (χ0n) is 18.0. The number of aromatic nitrogens is 2. The second-order valence-electron chi connectivity index (χ2n) is 8.73. The van der Waals surface area contributed by atoms with Crippen LogP contribution in [0.25, 0.3) is 0 Å². The second-order valence-corrected chi connectivity index (χ2v) is 8.73. The van der Waals surface area contributed by atoms with E-state index in [4.69, 9.17) is 13.9 Å². The lowest BCUT2D eigenvalue weighted by atomic mass is 9.83. The molecule has 31 heavy (non-hydrogen) atoms. The standard InChI is InChI=1S/C23H27N3O5/c1-14-11-18(17-3-9-29-13-17)31-22(28)19(14)21(27)26-7-5-23(6-8-26)20-16(4-10-30-23)12-24-15(2)25-20/h11-12,17H,3-10,13H2,1-2H3. The maximum atomic E-state index is 13.2. The normalized spacial score (nSPS) is 22.5. The number of amides is 1. The Morgan fingerprint density at radius 1 is 1.23 bits per heavy atom. The van der Waals surface area contributed by atoms with Gasteiger partial charge in [0.25, 0.3) is 5.91 Å². The lowest BCUT2D eigenvalue weighted by molar-refractivity contribution is -0.0969. The average Bonchev–Trinajstić information content (AvgIpc) is 3.29. The van der Waals surface area contributed by atoms with Crippen molar-refractivity contribution in [1.29, 1.82) is 0 Å². The number of ether oxygens (including phenoxy) is 2.